The molecule has 8 nitrogen and oxygen atoms in total. The molecule has 0 radical (unpaired) electrons. The van der Waals surface area contributed by atoms with E-state index < -0.39 is 29.7 Å². The number of carboxylic acid groups (broad SMARTS) is 1. The highest BCUT2D eigenvalue weighted by Gasteiger charge is 2.46. The van der Waals surface area contributed by atoms with Crippen LogP contribution in [0.25, 0.3) is 33.3 Å². The Bertz CT molecular complexity index is 2100. The van der Waals surface area contributed by atoms with E-state index in [1.165, 1.54) is 30.0 Å². The fraction of sp³-hybridized carbons (Fsp3) is 0.176. The van der Waals surface area contributed by atoms with Crippen LogP contribution < -0.4 is 10.1 Å². The summed E-state index contributed by atoms with van der Waals surface area (Å²) in [6.07, 6.45) is -4.96. The number of carboxylic acids is 1. The van der Waals surface area contributed by atoms with Crippen LogP contribution in [0, 0.1) is 11.3 Å². The number of carbonyl (C=O) groups excluding carboxylic acids is 1. The number of alkyl halides is 3. The van der Waals surface area contributed by atoms with Gasteiger partial charge in [-0.25, -0.2) is 0 Å². The molecule has 0 spiro atoms. The van der Waals surface area contributed by atoms with Crippen molar-refractivity contribution in [3.8, 4) is 34.3 Å². The van der Waals surface area contributed by atoms with Crippen LogP contribution in [0.1, 0.15) is 45.1 Å². The number of hydrogen-bond donors (Lipinski definition) is 2. The number of amides is 1. The maximum Gasteiger partial charge on any atom is 0.420 e. The number of halogens is 5. The first-order chi connectivity index (χ1) is 22.4. The summed E-state index contributed by atoms with van der Waals surface area (Å²) < 4.78 is 52.1. The number of fused-ring (bicyclic) bond motifs is 5. The zero-order valence-corrected chi connectivity index (χ0v) is 26.0. The zero-order chi connectivity index (χ0) is 33.6. The van der Waals surface area contributed by atoms with Crippen LogP contribution in [-0.2, 0) is 17.4 Å². The Balaban J connectivity index is 1.54. The first-order valence-electron chi connectivity index (χ1n) is 14.2. The molecule has 0 saturated heterocycles. The van der Waals surface area contributed by atoms with Gasteiger partial charge in [-0.2, -0.15) is 23.5 Å². The van der Waals surface area contributed by atoms with Crippen LogP contribution in [0.2, 0.25) is 10.0 Å². The highest BCUT2D eigenvalue weighted by atomic mass is 35.5. The molecule has 0 bridgehead atoms. The first-order valence-corrected chi connectivity index (χ1v) is 15.0. The van der Waals surface area contributed by atoms with E-state index in [1.807, 2.05) is 0 Å². The lowest BCUT2D eigenvalue weighted by molar-refractivity contribution is -0.137. The molecule has 4 aromatic carbocycles. The molecule has 1 amide bonds. The van der Waals surface area contributed by atoms with Gasteiger partial charge in [0.15, 0.2) is 0 Å². The van der Waals surface area contributed by atoms with Crippen molar-refractivity contribution < 1.29 is 32.6 Å². The Morgan fingerprint density at radius 3 is 2.38 bits per heavy atom. The largest absolute Gasteiger partial charge is 0.497 e. The molecule has 238 valence electrons. The third kappa shape index (κ3) is 5.98. The molecule has 13 heteroatoms. The monoisotopic (exact) mass is 678 g/mol. The van der Waals surface area contributed by atoms with E-state index in [4.69, 9.17) is 33.0 Å². The van der Waals surface area contributed by atoms with Crippen molar-refractivity contribution in [2.75, 3.05) is 13.7 Å². The van der Waals surface area contributed by atoms with Crippen LogP contribution in [0.15, 0.2) is 66.7 Å². The Labute approximate surface area is 275 Å². The second kappa shape index (κ2) is 12.3. The highest BCUT2D eigenvalue weighted by molar-refractivity contribution is 6.35. The van der Waals surface area contributed by atoms with E-state index in [9.17, 15) is 14.9 Å². The minimum Gasteiger partial charge on any atom is -0.497 e. The number of nitriles is 1. The van der Waals surface area contributed by atoms with Crippen molar-refractivity contribution in [2.24, 2.45) is 0 Å². The number of methoxy groups -OCH3 is 1. The van der Waals surface area contributed by atoms with Gasteiger partial charge < -0.3 is 15.2 Å². The summed E-state index contributed by atoms with van der Waals surface area (Å²) in [7, 11) is 1.47. The lowest BCUT2D eigenvalue weighted by Crippen LogP contribution is -2.25. The molecule has 6 rings (SSSR count). The number of benzene rings is 4. The molecule has 1 atom stereocenters. The number of hydrogen-bond acceptors (Lipinski definition) is 5. The molecule has 2 N–H and O–H groups in total. The van der Waals surface area contributed by atoms with Crippen molar-refractivity contribution in [3.63, 3.8) is 0 Å². The van der Waals surface area contributed by atoms with Gasteiger partial charge in [-0.3, -0.25) is 14.3 Å². The average Bonchev–Trinajstić information content (AvgIpc) is 3.56. The van der Waals surface area contributed by atoms with Crippen molar-refractivity contribution >= 4 is 45.9 Å². The van der Waals surface area contributed by atoms with Crippen molar-refractivity contribution in [3.05, 3.63) is 105 Å². The summed E-state index contributed by atoms with van der Waals surface area (Å²) in [4.78, 5) is 23.3. The SMILES string of the molecule is COc1ccc2c3c(c(C#N)cc2c1)C(Cc1ccc(C(=O)NCCC(=O)O)cc1)n1nc(-c2cc(Cl)cc(Cl)c2)c(C(F)(F)F)c1-3. The van der Waals surface area contributed by atoms with Crippen molar-refractivity contribution in [1.82, 2.24) is 15.1 Å². The quantitative estimate of drug-likeness (QED) is 0.172. The molecule has 1 unspecified atom stereocenters. The van der Waals surface area contributed by atoms with Gasteiger partial charge in [0.05, 0.1) is 36.9 Å². The topological polar surface area (TPSA) is 117 Å². The molecule has 5 aromatic rings. The number of rotatable bonds is 8. The minimum absolute atomic E-state index is 0.0463. The highest BCUT2D eigenvalue weighted by Crippen LogP contribution is 2.54. The predicted octanol–water partition coefficient (Wildman–Crippen LogP) is 7.93. The van der Waals surface area contributed by atoms with Gasteiger partial charge >= 0.3 is 12.1 Å². The van der Waals surface area contributed by atoms with Gasteiger partial charge in [0.1, 0.15) is 17.0 Å². The second-order valence-corrected chi connectivity index (χ2v) is 11.8. The number of ether oxygens (including phenoxy) is 1. The third-order valence-electron chi connectivity index (χ3n) is 7.97. The van der Waals surface area contributed by atoms with E-state index in [-0.39, 0.29) is 63.1 Å². The second-order valence-electron chi connectivity index (χ2n) is 10.9. The lowest BCUT2D eigenvalue weighted by Gasteiger charge is -2.17. The minimum atomic E-state index is -4.86. The molecular formula is C34H23Cl2F3N4O4. The molecule has 0 fully saturated rings. The summed E-state index contributed by atoms with van der Waals surface area (Å²) in [5.41, 5.74) is 0.304. The number of nitrogens with one attached hydrogen (secondary N) is 1. The molecule has 0 saturated carbocycles. The van der Waals surface area contributed by atoms with Crippen molar-refractivity contribution in [1.29, 1.82) is 5.26 Å². The van der Waals surface area contributed by atoms with E-state index in [0.717, 1.165) is 0 Å². The molecule has 0 aliphatic carbocycles. The normalized spacial score (nSPS) is 13.6. The number of carbonyl (C=O) groups is 2. The van der Waals surface area contributed by atoms with Gasteiger partial charge in [0, 0.05) is 38.8 Å². The van der Waals surface area contributed by atoms with E-state index >= 15 is 13.2 Å². The molecule has 47 heavy (non-hydrogen) atoms. The van der Waals surface area contributed by atoms with Gasteiger partial charge in [-0.05, 0) is 71.3 Å². The van der Waals surface area contributed by atoms with Crippen LogP contribution in [0.4, 0.5) is 13.2 Å². The third-order valence-corrected chi connectivity index (χ3v) is 8.41. The van der Waals surface area contributed by atoms with Gasteiger partial charge in [-0.1, -0.05) is 41.4 Å². The van der Waals surface area contributed by atoms with Crippen molar-refractivity contribution in [2.45, 2.75) is 25.1 Å². The predicted molar refractivity (Wildman–Crippen MR) is 170 cm³/mol. The number of aliphatic carboxylic acids is 1. The van der Waals surface area contributed by atoms with Gasteiger partial charge in [-0.15, -0.1) is 0 Å². The maximum atomic E-state index is 15.2. The maximum absolute atomic E-state index is 15.2. The Hall–Kier alpha value is -5.05. The smallest absolute Gasteiger partial charge is 0.420 e. The molecular weight excluding hydrogens is 656 g/mol. The lowest BCUT2D eigenvalue weighted by atomic mass is 9.88. The summed E-state index contributed by atoms with van der Waals surface area (Å²) in [5.74, 6) is -1.04. The van der Waals surface area contributed by atoms with Crippen LogP contribution in [0.5, 0.6) is 5.75 Å². The standard InChI is InChI=1S/C34H23Cl2F3N4O4/c1-47-24-6-7-25-19(14-24)11-21(16-40)28-26(10-17-2-4-18(5-3-17)33(46)41-9-8-27(44)45)43-32(29(25)28)30(34(37,38)39)31(42-43)20-12-22(35)15-23(36)13-20/h2-7,11-15,26H,8-10H2,1H3,(H,41,46)(H,44,45). The molecule has 1 aliphatic rings. The number of aromatic nitrogens is 2. The molecule has 1 aromatic heterocycles. The van der Waals surface area contributed by atoms with Crippen LogP contribution in [0.3, 0.4) is 0 Å². The average molecular weight is 679 g/mol. The summed E-state index contributed by atoms with van der Waals surface area (Å²) >= 11 is 12.4. The van der Waals surface area contributed by atoms with E-state index in [2.05, 4.69) is 16.5 Å². The fourth-order valence-corrected chi connectivity index (χ4v) is 6.52. The fourth-order valence-electron chi connectivity index (χ4n) is 5.99. The van der Waals surface area contributed by atoms with Crippen LogP contribution in [-0.4, -0.2) is 40.4 Å². The summed E-state index contributed by atoms with van der Waals surface area (Å²) in [5, 5.41) is 27.5. The summed E-state index contributed by atoms with van der Waals surface area (Å²) in [6, 6.07) is 18.5. The van der Waals surface area contributed by atoms with E-state index in [0.29, 0.717) is 27.6 Å². The molecule has 1 aliphatic heterocycles. The van der Waals surface area contributed by atoms with E-state index in [1.54, 1.807) is 48.5 Å². The van der Waals surface area contributed by atoms with Gasteiger partial charge in [0.2, 0.25) is 0 Å². The first kappa shape index (κ1) is 31.9. The Morgan fingerprint density at radius 1 is 1.06 bits per heavy atom. The molecule has 2 heterocycles. The Kier molecular flexibility index (Phi) is 8.34. The summed E-state index contributed by atoms with van der Waals surface area (Å²) in [6.45, 7) is -0.0463. The van der Waals surface area contributed by atoms with Crippen LogP contribution >= 0.6 is 23.2 Å². The van der Waals surface area contributed by atoms with Gasteiger partial charge in [0.25, 0.3) is 5.91 Å². The Morgan fingerprint density at radius 2 is 1.77 bits per heavy atom. The number of nitrogens with zero attached hydrogens (tertiary/aromatic N) is 3. The zero-order valence-electron chi connectivity index (χ0n) is 24.5.